The van der Waals surface area contributed by atoms with Gasteiger partial charge in [0.15, 0.2) is 0 Å². The van der Waals surface area contributed by atoms with Crippen molar-refractivity contribution >= 4 is 12.0 Å². The summed E-state index contributed by atoms with van der Waals surface area (Å²) >= 11 is 0. The number of ether oxygens (including phenoxy) is 1. The summed E-state index contributed by atoms with van der Waals surface area (Å²) in [5.41, 5.74) is 2.86. The van der Waals surface area contributed by atoms with Crippen molar-refractivity contribution in [2.24, 2.45) is 10.8 Å². The molecule has 1 aromatic heterocycles. The first-order valence-corrected chi connectivity index (χ1v) is 12.8. The number of carbonyl (C=O) groups excluding carboxylic acids is 2. The molecule has 2 amide bonds. The molecule has 8 heteroatoms. The smallest absolute Gasteiger partial charge is 0.416 e. The molecule has 8 nitrogen and oxygen atoms in total. The topological polar surface area (TPSA) is 91.5 Å². The van der Waals surface area contributed by atoms with E-state index in [9.17, 15) is 9.59 Å². The summed E-state index contributed by atoms with van der Waals surface area (Å²) in [5, 5.41) is 8.99. The van der Waals surface area contributed by atoms with Gasteiger partial charge in [0.05, 0.1) is 30.2 Å². The van der Waals surface area contributed by atoms with Gasteiger partial charge in [-0.2, -0.15) is 5.26 Å². The molecule has 1 saturated carbocycles. The molecule has 2 unspecified atom stereocenters. The Labute approximate surface area is 213 Å². The Morgan fingerprint density at radius 3 is 2.58 bits per heavy atom. The van der Waals surface area contributed by atoms with Gasteiger partial charge in [-0.05, 0) is 49.3 Å². The normalized spacial score (nSPS) is 23.2. The van der Waals surface area contributed by atoms with Crippen LogP contribution in [0.25, 0.3) is 0 Å². The van der Waals surface area contributed by atoms with Gasteiger partial charge in [0.1, 0.15) is 6.10 Å². The van der Waals surface area contributed by atoms with E-state index in [0.717, 1.165) is 30.5 Å². The molecule has 1 saturated heterocycles. The maximum atomic E-state index is 12.9. The first-order valence-electron chi connectivity index (χ1n) is 12.8. The number of benzene rings is 1. The number of rotatable bonds is 6. The molecule has 2 fully saturated rings. The number of nitrogens with zero attached hydrogens (tertiary/aromatic N) is 5. The highest BCUT2D eigenvalue weighted by molar-refractivity contribution is 5.93. The van der Waals surface area contributed by atoms with Gasteiger partial charge in [0.25, 0.3) is 0 Å². The minimum absolute atomic E-state index is 0.0738. The molecular weight excluding hydrogens is 454 g/mol. The quantitative estimate of drug-likeness (QED) is 0.587. The van der Waals surface area contributed by atoms with Crippen molar-refractivity contribution in [1.82, 2.24) is 19.4 Å². The number of imide groups is 1. The van der Waals surface area contributed by atoms with Crippen LogP contribution in [0.1, 0.15) is 70.2 Å². The molecule has 192 valence electrons. The highest BCUT2D eigenvalue weighted by Crippen LogP contribution is 2.48. The highest BCUT2D eigenvalue weighted by atomic mass is 16.6. The molecule has 0 radical (unpaired) electrons. The van der Waals surface area contributed by atoms with Crippen LogP contribution in [0, 0.1) is 22.2 Å². The van der Waals surface area contributed by atoms with E-state index in [1.807, 2.05) is 34.7 Å². The first-order chi connectivity index (χ1) is 17.1. The summed E-state index contributed by atoms with van der Waals surface area (Å²) in [6.07, 6.45) is 7.17. The Balaban J connectivity index is 1.31. The van der Waals surface area contributed by atoms with Gasteiger partial charge in [-0.25, -0.2) is 14.7 Å². The minimum Gasteiger partial charge on any atom is -0.446 e. The second kappa shape index (κ2) is 10.4. The lowest BCUT2D eigenvalue weighted by Crippen LogP contribution is -2.53. The van der Waals surface area contributed by atoms with Gasteiger partial charge in [0, 0.05) is 37.8 Å². The van der Waals surface area contributed by atoms with Crippen molar-refractivity contribution in [2.75, 3.05) is 19.6 Å². The third kappa shape index (κ3) is 5.96. The molecule has 2 atom stereocenters. The van der Waals surface area contributed by atoms with E-state index in [0.29, 0.717) is 31.7 Å². The Morgan fingerprint density at radius 1 is 1.17 bits per heavy atom. The average molecular weight is 492 g/mol. The van der Waals surface area contributed by atoms with Crippen molar-refractivity contribution in [2.45, 2.75) is 72.6 Å². The molecule has 0 N–H and O–H groups in total. The lowest BCUT2D eigenvalue weighted by molar-refractivity contribution is -0.135. The molecule has 2 aromatic rings. The fourth-order valence-corrected chi connectivity index (χ4v) is 5.73. The van der Waals surface area contributed by atoms with E-state index in [1.165, 1.54) is 11.3 Å². The second-order valence-electron chi connectivity index (χ2n) is 11.5. The van der Waals surface area contributed by atoms with Crippen LogP contribution >= 0.6 is 0 Å². The standard InChI is InChI=1S/C28H37N5O3/c1-21(28(4)11-5-10-27(2,3)19-28)36-26(35)33-13-12-31(18-25(33)34)17-24-15-30-20-32(24)16-23-8-6-22(14-29)7-9-23/h6-9,15,20-21H,5,10-13,16-19H2,1-4H3. The summed E-state index contributed by atoms with van der Waals surface area (Å²) < 4.78 is 7.89. The predicted octanol–water partition coefficient (Wildman–Crippen LogP) is 4.58. The van der Waals surface area contributed by atoms with Gasteiger partial charge in [-0.3, -0.25) is 9.69 Å². The summed E-state index contributed by atoms with van der Waals surface area (Å²) in [7, 11) is 0. The molecule has 2 aliphatic rings. The van der Waals surface area contributed by atoms with Crippen LogP contribution in [-0.2, 0) is 22.6 Å². The number of hydrogen-bond acceptors (Lipinski definition) is 6. The van der Waals surface area contributed by atoms with E-state index < -0.39 is 6.09 Å². The molecule has 1 aliphatic heterocycles. The van der Waals surface area contributed by atoms with Crippen LogP contribution in [0.2, 0.25) is 0 Å². The SMILES string of the molecule is CC(OC(=O)N1CCN(Cc2cncn2Cc2ccc(C#N)cc2)CC1=O)C1(C)CCCC(C)(C)C1. The zero-order chi connectivity index (χ0) is 25.9. The van der Waals surface area contributed by atoms with Crippen LogP contribution < -0.4 is 0 Å². The van der Waals surface area contributed by atoms with E-state index in [4.69, 9.17) is 10.00 Å². The monoisotopic (exact) mass is 491 g/mol. The summed E-state index contributed by atoms with van der Waals surface area (Å²) in [6.45, 7) is 11.0. The lowest BCUT2D eigenvalue weighted by atomic mass is 9.62. The Kier molecular flexibility index (Phi) is 7.51. The number of piperazine rings is 1. The van der Waals surface area contributed by atoms with Gasteiger partial charge < -0.3 is 9.30 Å². The van der Waals surface area contributed by atoms with E-state index >= 15 is 0 Å². The molecular formula is C28H37N5O3. The van der Waals surface area contributed by atoms with Gasteiger partial charge in [-0.1, -0.05) is 39.3 Å². The molecule has 0 spiro atoms. The fourth-order valence-electron chi connectivity index (χ4n) is 5.73. The van der Waals surface area contributed by atoms with Crippen LogP contribution in [0.15, 0.2) is 36.8 Å². The zero-order valence-corrected chi connectivity index (χ0v) is 21.9. The van der Waals surface area contributed by atoms with E-state index in [1.54, 1.807) is 18.5 Å². The number of carbonyl (C=O) groups is 2. The summed E-state index contributed by atoms with van der Waals surface area (Å²) in [4.78, 5) is 33.4. The third-order valence-electron chi connectivity index (χ3n) is 7.88. The number of amides is 2. The first kappa shape index (κ1) is 25.9. The van der Waals surface area contributed by atoms with Crippen LogP contribution in [0.5, 0.6) is 0 Å². The molecule has 36 heavy (non-hydrogen) atoms. The molecule has 0 bridgehead atoms. The van der Waals surface area contributed by atoms with E-state index in [-0.39, 0.29) is 29.4 Å². The largest absolute Gasteiger partial charge is 0.446 e. The molecule has 2 heterocycles. The minimum atomic E-state index is -0.525. The number of imidazole rings is 1. The number of hydrogen-bond donors (Lipinski definition) is 0. The fraction of sp³-hybridized carbons (Fsp3) is 0.571. The number of nitriles is 1. The van der Waals surface area contributed by atoms with E-state index in [2.05, 4.69) is 31.8 Å². The van der Waals surface area contributed by atoms with Crippen molar-refractivity contribution in [3.63, 3.8) is 0 Å². The maximum absolute atomic E-state index is 12.9. The van der Waals surface area contributed by atoms with Crippen molar-refractivity contribution in [3.8, 4) is 6.07 Å². The lowest BCUT2D eigenvalue weighted by Gasteiger charge is -2.46. The van der Waals surface area contributed by atoms with Gasteiger partial charge in [-0.15, -0.1) is 0 Å². The third-order valence-corrected chi connectivity index (χ3v) is 7.88. The summed E-state index contributed by atoms with van der Waals surface area (Å²) in [5.74, 6) is -0.231. The van der Waals surface area contributed by atoms with Gasteiger partial charge in [0.2, 0.25) is 5.91 Å². The average Bonchev–Trinajstić information content (AvgIpc) is 3.25. The van der Waals surface area contributed by atoms with Crippen LogP contribution in [0.3, 0.4) is 0 Å². The van der Waals surface area contributed by atoms with Crippen LogP contribution in [-0.4, -0.2) is 57.1 Å². The van der Waals surface area contributed by atoms with Crippen molar-refractivity contribution in [3.05, 3.63) is 53.6 Å². The predicted molar refractivity (Wildman–Crippen MR) is 136 cm³/mol. The highest BCUT2D eigenvalue weighted by Gasteiger charge is 2.43. The molecule has 1 aliphatic carbocycles. The number of aromatic nitrogens is 2. The zero-order valence-electron chi connectivity index (χ0n) is 21.9. The second-order valence-corrected chi connectivity index (χ2v) is 11.5. The van der Waals surface area contributed by atoms with Gasteiger partial charge >= 0.3 is 6.09 Å². The Morgan fingerprint density at radius 2 is 1.92 bits per heavy atom. The Bertz CT molecular complexity index is 1130. The van der Waals surface area contributed by atoms with Crippen molar-refractivity contribution < 1.29 is 14.3 Å². The summed E-state index contributed by atoms with van der Waals surface area (Å²) in [6, 6.07) is 9.61. The van der Waals surface area contributed by atoms with Crippen molar-refractivity contribution in [1.29, 1.82) is 5.26 Å². The molecule has 4 rings (SSSR count). The molecule has 1 aromatic carbocycles. The Hall–Kier alpha value is -3.18. The van der Waals surface area contributed by atoms with Crippen LogP contribution in [0.4, 0.5) is 4.79 Å². The maximum Gasteiger partial charge on any atom is 0.416 e.